The van der Waals surface area contributed by atoms with Gasteiger partial charge in [0.25, 0.3) is 0 Å². The van der Waals surface area contributed by atoms with E-state index < -0.39 is 6.03 Å². The average molecular weight is 357 g/mol. The lowest BCUT2D eigenvalue weighted by Crippen LogP contribution is -2.29. The first-order chi connectivity index (χ1) is 12.0. The van der Waals surface area contributed by atoms with Gasteiger partial charge in [-0.2, -0.15) is 0 Å². The summed E-state index contributed by atoms with van der Waals surface area (Å²) in [6.45, 7) is 1.68. The molecule has 2 aromatic carbocycles. The molecule has 0 radical (unpaired) electrons. The maximum atomic E-state index is 11.9. The minimum Gasteiger partial charge on any atom is -0.495 e. The number of ketones is 1. The Bertz CT molecular complexity index is 836. The molecule has 0 saturated carbocycles. The molecule has 128 valence electrons. The Balaban J connectivity index is 1.89. The maximum absolute atomic E-state index is 11.9. The molecule has 2 amide bonds. The molecule has 2 N–H and O–H groups in total. The lowest BCUT2D eigenvalue weighted by atomic mass is 10.1. The molecular weight excluding hydrogens is 340 g/mol. The van der Waals surface area contributed by atoms with E-state index in [1.54, 1.807) is 42.5 Å². The Kier molecular flexibility index (Phi) is 6.44. The molecule has 0 aromatic heterocycles. The van der Waals surface area contributed by atoms with Crippen LogP contribution in [0.1, 0.15) is 22.8 Å². The second-order valence-corrected chi connectivity index (χ2v) is 5.52. The van der Waals surface area contributed by atoms with Crippen LogP contribution in [0.2, 0.25) is 5.02 Å². The molecule has 0 fully saturated rings. The number of carbonyl (C=O) groups excluding carboxylic acids is 2. The fraction of sp³-hybridized carbons (Fsp3) is 0.158. The van der Waals surface area contributed by atoms with E-state index in [0.29, 0.717) is 22.0 Å². The molecule has 0 aliphatic heterocycles. The van der Waals surface area contributed by atoms with Crippen molar-refractivity contribution < 1.29 is 14.3 Å². The molecule has 2 rings (SSSR count). The van der Waals surface area contributed by atoms with Crippen LogP contribution in [-0.2, 0) is 0 Å². The molecule has 0 aliphatic carbocycles. The van der Waals surface area contributed by atoms with Crippen molar-refractivity contribution in [1.82, 2.24) is 5.32 Å². The van der Waals surface area contributed by atoms with E-state index in [2.05, 4.69) is 22.5 Å². The molecule has 2 aromatic rings. The number of ether oxygens (including phenoxy) is 1. The molecule has 0 atom stereocenters. The lowest BCUT2D eigenvalue weighted by Gasteiger charge is -2.10. The highest BCUT2D eigenvalue weighted by Crippen LogP contribution is 2.27. The van der Waals surface area contributed by atoms with Crippen molar-refractivity contribution in [3.8, 4) is 17.6 Å². The van der Waals surface area contributed by atoms with Crippen LogP contribution in [0.3, 0.4) is 0 Å². The number of halogens is 1. The summed E-state index contributed by atoms with van der Waals surface area (Å²) >= 11 is 5.91. The lowest BCUT2D eigenvalue weighted by molar-refractivity contribution is 0.101. The highest BCUT2D eigenvalue weighted by molar-refractivity contribution is 6.31. The van der Waals surface area contributed by atoms with Crippen LogP contribution < -0.4 is 15.4 Å². The van der Waals surface area contributed by atoms with Gasteiger partial charge in [0.1, 0.15) is 5.75 Å². The molecule has 0 bridgehead atoms. The number of methoxy groups -OCH3 is 1. The third-order valence-corrected chi connectivity index (χ3v) is 3.51. The number of nitrogens with one attached hydrogen (secondary N) is 2. The van der Waals surface area contributed by atoms with Gasteiger partial charge in [-0.3, -0.25) is 4.79 Å². The number of hydrogen-bond acceptors (Lipinski definition) is 3. The average Bonchev–Trinajstić information content (AvgIpc) is 2.59. The number of amides is 2. The van der Waals surface area contributed by atoms with E-state index in [4.69, 9.17) is 16.3 Å². The molecule has 0 saturated heterocycles. The SMILES string of the molecule is COc1ccc(Cl)cc1NC(=O)NCC#Cc1ccc(C(C)=O)cc1. The number of carbonyl (C=O) groups is 2. The van der Waals surface area contributed by atoms with Crippen molar-refractivity contribution in [3.05, 3.63) is 58.6 Å². The summed E-state index contributed by atoms with van der Waals surface area (Å²) < 4.78 is 5.16. The third kappa shape index (κ3) is 5.55. The van der Waals surface area contributed by atoms with E-state index in [1.807, 2.05) is 0 Å². The molecule has 6 heteroatoms. The molecule has 0 heterocycles. The first-order valence-corrected chi connectivity index (χ1v) is 7.85. The Morgan fingerprint density at radius 3 is 2.52 bits per heavy atom. The monoisotopic (exact) mass is 356 g/mol. The predicted molar refractivity (Wildman–Crippen MR) is 98.3 cm³/mol. The van der Waals surface area contributed by atoms with Crippen LogP contribution in [0.4, 0.5) is 10.5 Å². The standard InChI is InChI=1S/C19H17ClN2O3/c1-13(23)15-7-5-14(6-8-15)4-3-11-21-19(24)22-17-12-16(20)9-10-18(17)25-2/h5-10,12H,11H2,1-2H3,(H2,21,22,24). The highest BCUT2D eigenvalue weighted by atomic mass is 35.5. The van der Waals surface area contributed by atoms with Crippen molar-refractivity contribution in [2.45, 2.75) is 6.92 Å². The van der Waals surface area contributed by atoms with Gasteiger partial charge < -0.3 is 15.4 Å². The zero-order valence-corrected chi connectivity index (χ0v) is 14.6. The van der Waals surface area contributed by atoms with Gasteiger partial charge in [0.2, 0.25) is 0 Å². The summed E-state index contributed by atoms with van der Waals surface area (Å²) in [6, 6.07) is 11.5. The third-order valence-electron chi connectivity index (χ3n) is 3.27. The predicted octanol–water partition coefficient (Wildman–Crippen LogP) is 3.72. The molecule has 0 unspecified atom stereocenters. The van der Waals surface area contributed by atoms with Gasteiger partial charge in [-0.15, -0.1) is 0 Å². The zero-order chi connectivity index (χ0) is 18.2. The molecule has 25 heavy (non-hydrogen) atoms. The van der Waals surface area contributed by atoms with Crippen molar-refractivity contribution >= 4 is 29.1 Å². The first kappa shape index (κ1) is 18.4. The molecular formula is C19H17ClN2O3. The highest BCUT2D eigenvalue weighted by Gasteiger charge is 2.07. The quantitative estimate of drug-likeness (QED) is 0.648. The van der Waals surface area contributed by atoms with Crippen LogP contribution in [0, 0.1) is 11.8 Å². The summed E-state index contributed by atoms with van der Waals surface area (Å²) in [7, 11) is 1.51. The molecule has 0 spiro atoms. The van der Waals surface area contributed by atoms with Gasteiger partial charge in [0, 0.05) is 16.1 Å². The van der Waals surface area contributed by atoms with Crippen LogP contribution in [0.25, 0.3) is 0 Å². The smallest absolute Gasteiger partial charge is 0.320 e. The van der Waals surface area contributed by atoms with E-state index in [-0.39, 0.29) is 12.3 Å². The van der Waals surface area contributed by atoms with Crippen LogP contribution >= 0.6 is 11.6 Å². The van der Waals surface area contributed by atoms with Crippen molar-refractivity contribution in [1.29, 1.82) is 0 Å². The van der Waals surface area contributed by atoms with Crippen molar-refractivity contribution in [3.63, 3.8) is 0 Å². The van der Waals surface area contributed by atoms with Gasteiger partial charge in [0.05, 0.1) is 19.3 Å². The van der Waals surface area contributed by atoms with Gasteiger partial charge in [-0.05, 0) is 37.3 Å². The van der Waals surface area contributed by atoms with Crippen molar-refractivity contribution in [2.24, 2.45) is 0 Å². The first-order valence-electron chi connectivity index (χ1n) is 7.48. The summed E-state index contributed by atoms with van der Waals surface area (Å²) in [5, 5.41) is 5.77. The van der Waals surface area contributed by atoms with Gasteiger partial charge in [-0.1, -0.05) is 35.6 Å². The number of benzene rings is 2. The summed E-state index contributed by atoms with van der Waals surface area (Å²) in [4.78, 5) is 23.1. The second kappa shape index (κ2) is 8.76. The summed E-state index contributed by atoms with van der Waals surface area (Å²) in [5.74, 6) is 6.27. The van der Waals surface area contributed by atoms with E-state index in [1.165, 1.54) is 14.0 Å². The summed E-state index contributed by atoms with van der Waals surface area (Å²) in [5.41, 5.74) is 1.88. The number of rotatable bonds is 4. The topological polar surface area (TPSA) is 67.4 Å². The fourth-order valence-electron chi connectivity index (χ4n) is 2.00. The van der Waals surface area contributed by atoms with Gasteiger partial charge in [0.15, 0.2) is 5.78 Å². The number of hydrogen-bond donors (Lipinski definition) is 2. The van der Waals surface area contributed by atoms with Crippen LogP contribution in [0.5, 0.6) is 5.75 Å². The second-order valence-electron chi connectivity index (χ2n) is 5.09. The number of Topliss-reactive ketones (excluding diaryl/α,β-unsaturated/α-hetero) is 1. The van der Waals surface area contributed by atoms with E-state index in [0.717, 1.165) is 5.56 Å². The van der Waals surface area contributed by atoms with Crippen LogP contribution in [-0.4, -0.2) is 25.5 Å². The Hall–Kier alpha value is -2.97. The summed E-state index contributed by atoms with van der Waals surface area (Å²) in [6.07, 6.45) is 0. The van der Waals surface area contributed by atoms with Crippen molar-refractivity contribution in [2.75, 3.05) is 19.0 Å². The molecule has 0 aliphatic rings. The van der Waals surface area contributed by atoms with Gasteiger partial charge >= 0.3 is 6.03 Å². The minimum atomic E-state index is -0.415. The fourth-order valence-corrected chi connectivity index (χ4v) is 2.18. The van der Waals surface area contributed by atoms with Gasteiger partial charge in [-0.25, -0.2) is 4.79 Å². The largest absolute Gasteiger partial charge is 0.495 e. The minimum absolute atomic E-state index is 0.00860. The van der Waals surface area contributed by atoms with Crippen LogP contribution in [0.15, 0.2) is 42.5 Å². The Morgan fingerprint density at radius 2 is 1.88 bits per heavy atom. The van der Waals surface area contributed by atoms with E-state index >= 15 is 0 Å². The molecule has 5 nitrogen and oxygen atoms in total. The Labute approximate surface area is 151 Å². The number of anilines is 1. The van der Waals surface area contributed by atoms with E-state index in [9.17, 15) is 9.59 Å². The normalized spacial score (nSPS) is 9.56. The Morgan fingerprint density at radius 1 is 1.16 bits per heavy atom. The number of urea groups is 1. The zero-order valence-electron chi connectivity index (χ0n) is 13.9. The maximum Gasteiger partial charge on any atom is 0.320 e.